The zero-order valence-corrected chi connectivity index (χ0v) is 16.7. The van der Waals surface area contributed by atoms with Crippen molar-refractivity contribution in [1.82, 2.24) is 14.9 Å². The second-order valence-electron chi connectivity index (χ2n) is 6.75. The van der Waals surface area contributed by atoms with Gasteiger partial charge in [0, 0.05) is 5.75 Å². The summed E-state index contributed by atoms with van der Waals surface area (Å²) in [5.74, 6) is 2.21. The molecular formula is C21H24N4OS. The molecule has 1 heterocycles. The molecule has 0 atom stereocenters. The molecule has 0 aliphatic carbocycles. The van der Waals surface area contributed by atoms with Crippen molar-refractivity contribution in [2.24, 2.45) is 11.0 Å². The molecule has 0 saturated heterocycles. The highest BCUT2D eigenvalue weighted by atomic mass is 32.2. The Balaban J connectivity index is 1.59. The first-order valence-corrected chi connectivity index (χ1v) is 9.94. The van der Waals surface area contributed by atoms with E-state index in [-0.39, 0.29) is 0 Å². The summed E-state index contributed by atoms with van der Waals surface area (Å²) in [5, 5.41) is 13.4. The predicted octanol–water partition coefficient (Wildman–Crippen LogP) is 4.80. The number of nitrogens with zero attached hydrogens (tertiary/aromatic N) is 4. The Morgan fingerprint density at radius 2 is 1.85 bits per heavy atom. The molecule has 0 bridgehead atoms. The van der Waals surface area contributed by atoms with Crippen molar-refractivity contribution in [2.75, 3.05) is 6.61 Å². The summed E-state index contributed by atoms with van der Waals surface area (Å²) in [6.45, 7) is 7.07. The second kappa shape index (κ2) is 9.37. The van der Waals surface area contributed by atoms with E-state index in [1.54, 1.807) is 29.0 Å². The SMILES string of the molecule is Cc1ccc(CSc2nncn2/N=C/c2ccc(OCC(C)C)cc2)cc1. The third-order valence-electron chi connectivity index (χ3n) is 3.78. The van der Waals surface area contributed by atoms with Gasteiger partial charge in [0.25, 0.3) is 0 Å². The standard InChI is InChI=1S/C21H24N4OS/c1-16(2)13-26-20-10-8-18(9-11-20)12-23-25-15-22-24-21(25)27-14-19-6-4-17(3)5-7-19/h4-12,15-16H,13-14H2,1-3H3/b23-12+. The lowest BCUT2D eigenvalue weighted by atomic mass is 10.2. The molecule has 1 aromatic heterocycles. The molecule has 0 saturated carbocycles. The Morgan fingerprint density at radius 1 is 1.11 bits per heavy atom. The number of rotatable bonds is 8. The quantitative estimate of drug-likeness (QED) is 0.416. The summed E-state index contributed by atoms with van der Waals surface area (Å²) in [6.07, 6.45) is 3.42. The Bertz CT molecular complexity index is 870. The molecule has 0 N–H and O–H groups in total. The molecule has 0 aliphatic rings. The van der Waals surface area contributed by atoms with Gasteiger partial charge < -0.3 is 4.74 Å². The monoisotopic (exact) mass is 380 g/mol. The molecule has 0 unspecified atom stereocenters. The van der Waals surface area contributed by atoms with Gasteiger partial charge in [-0.15, -0.1) is 10.2 Å². The van der Waals surface area contributed by atoms with Crippen LogP contribution in [0.3, 0.4) is 0 Å². The lowest BCUT2D eigenvalue weighted by Crippen LogP contribution is -2.04. The molecule has 0 fully saturated rings. The number of hydrogen-bond acceptors (Lipinski definition) is 5. The largest absolute Gasteiger partial charge is 0.493 e. The fraction of sp³-hybridized carbons (Fsp3) is 0.286. The highest BCUT2D eigenvalue weighted by Crippen LogP contribution is 2.21. The van der Waals surface area contributed by atoms with Crippen molar-refractivity contribution in [3.63, 3.8) is 0 Å². The van der Waals surface area contributed by atoms with Crippen molar-refractivity contribution in [2.45, 2.75) is 31.7 Å². The Labute approximate surface area is 164 Å². The lowest BCUT2D eigenvalue weighted by Gasteiger charge is -2.08. The highest BCUT2D eigenvalue weighted by Gasteiger charge is 2.04. The van der Waals surface area contributed by atoms with Gasteiger partial charge in [-0.2, -0.15) is 9.78 Å². The van der Waals surface area contributed by atoms with Gasteiger partial charge in [-0.1, -0.05) is 55.4 Å². The van der Waals surface area contributed by atoms with E-state index in [2.05, 4.69) is 60.3 Å². The molecule has 5 nitrogen and oxygen atoms in total. The molecular weight excluding hydrogens is 356 g/mol. The van der Waals surface area contributed by atoms with Crippen molar-refractivity contribution in [1.29, 1.82) is 0 Å². The Hall–Kier alpha value is -2.60. The molecule has 6 heteroatoms. The predicted molar refractivity (Wildman–Crippen MR) is 111 cm³/mol. The Kier molecular flexibility index (Phi) is 6.65. The second-order valence-corrected chi connectivity index (χ2v) is 7.69. The van der Waals surface area contributed by atoms with E-state index < -0.39 is 0 Å². The number of thioether (sulfide) groups is 1. The summed E-state index contributed by atoms with van der Waals surface area (Å²) in [5.41, 5.74) is 3.51. The van der Waals surface area contributed by atoms with Crippen LogP contribution >= 0.6 is 11.8 Å². The van der Waals surface area contributed by atoms with Crippen LogP contribution in [0.15, 0.2) is 65.1 Å². The fourth-order valence-corrected chi connectivity index (χ4v) is 3.09. The van der Waals surface area contributed by atoms with Crippen LogP contribution in [-0.4, -0.2) is 27.7 Å². The molecule has 0 aliphatic heterocycles. The van der Waals surface area contributed by atoms with Crippen LogP contribution in [0.1, 0.15) is 30.5 Å². The van der Waals surface area contributed by atoms with E-state index >= 15 is 0 Å². The first-order chi connectivity index (χ1) is 13.1. The minimum absolute atomic E-state index is 0.510. The van der Waals surface area contributed by atoms with Gasteiger partial charge in [-0.3, -0.25) is 0 Å². The molecule has 140 valence electrons. The number of benzene rings is 2. The van der Waals surface area contributed by atoms with Gasteiger partial charge in [0.15, 0.2) is 0 Å². The topological polar surface area (TPSA) is 52.3 Å². The van der Waals surface area contributed by atoms with Crippen LogP contribution in [-0.2, 0) is 5.75 Å². The zero-order valence-electron chi connectivity index (χ0n) is 15.9. The van der Waals surface area contributed by atoms with Crippen molar-refractivity contribution in [3.8, 4) is 5.75 Å². The van der Waals surface area contributed by atoms with E-state index in [1.165, 1.54) is 11.1 Å². The fourth-order valence-electron chi connectivity index (χ4n) is 2.27. The van der Waals surface area contributed by atoms with Crippen LogP contribution in [0.5, 0.6) is 5.75 Å². The molecule has 0 amide bonds. The minimum atomic E-state index is 0.510. The molecule has 3 rings (SSSR count). The third kappa shape index (κ3) is 5.96. The van der Waals surface area contributed by atoms with Crippen LogP contribution in [0, 0.1) is 12.8 Å². The Morgan fingerprint density at radius 3 is 2.56 bits per heavy atom. The van der Waals surface area contributed by atoms with Crippen molar-refractivity contribution in [3.05, 3.63) is 71.5 Å². The van der Waals surface area contributed by atoms with E-state index in [4.69, 9.17) is 4.74 Å². The molecule has 0 radical (unpaired) electrons. The molecule has 3 aromatic rings. The van der Waals surface area contributed by atoms with Gasteiger partial charge >= 0.3 is 0 Å². The van der Waals surface area contributed by atoms with Gasteiger partial charge in [0.05, 0.1) is 12.8 Å². The highest BCUT2D eigenvalue weighted by molar-refractivity contribution is 7.98. The van der Waals surface area contributed by atoms with Crippen LogP contribution in [0.2, 0.25) is 0 Å². The molecule has 0 spiro atoms. The van der Waals surface area contributed by atoms with Crippen molar-refractivity contribution >= 4 is 18.0 Å². The maximum absolute atomic E-state index is 5.70. The van der Waals surface area contributed by atoms with Gasteiger partial charge in [0.2, 0.25) is 5.16 Å². The van der Waals surface area contributed by atoms with Crippen molar-refractivity contribution < 1.29 is 4.74 Å². The molecule has 2 aromatic carbocycles. The van der Waals surface area contributed by atoms with E-state index in [0.717, 1.165) is 28.8 Å². The zero-order chi connectivity index (χ0) is 19.1. The number of aromatic nitrogens is 3. The van der Waals surface area contributed by atoms with Gasteiger partial charge in [-0.25, -0.2) is 0 Å². The maximum Gasteiger partial charge on any atom is 0.212 e. The first-order valence-electron chi connectivity index (χ1n) is 8.96. The summed E-state index contributed by atoms with van der Waals surface area (Å²) < 4.78 is 7.40. The summed E-state index contributed by atoms with van der Waals surface area (Å²) in [4.78, 5) is 0. The summed E-state index contributed by atoms with van der Waals surface area (Å²) in [6, 6.07) is 16.4. The number of ether oxygens (including phenoxy) is 1. The smallest absolute Gasteiger partial charge is 0.212 e. The average Bonchev–Trinajstić information content (AvgIpc) is 3.12. The third-order valence-corrected chi connectivity index (χ3v) is 4.79. The normalized spacial score (nSPS) is 11.4. The number of hydrogen-bond donors (Lipinski definition) is 0. The lowest BCUT2D eigenvalue weighted by molar-refractivity contribution is 0.271. The van der Waals surface area contributed by atoms with Crippen LogP contribution in [0.4, 0.5) is 0 Å². The van der Waals surface area contributed by atoms with Gasteiger partial charge in [-0.05, 0) is 48.2 Å². The van der Waals surface area contributed by atoms with Crippen LogP contribution in [0.25, 0.3) is 0 Å². The maximum atomic E-state index is 5.70. The number of aryl methyl sites for hydroxylation is 1. The summed E-state index contributed by atoms with van der Waals surface area (Å²) in [7, 11) is 0. The minimum Gasteiger partial charge on any atom is -0.493 e. The summed E-state index contributed by atoms with van der Waals surface area (Å²) >= 11 is 1.62. The van der Waals surface area contributed by atoms with E-state index in [9.17, 15) is 0 Å². The van der Waals surface area contributed by atoms with Gasteiger partial charge in [0.1, 0.15) is 12.1 Å². The van der Waals surface area contributed by atoms with Crippen LogP contribution < -0.4 is 4.74 Å². The average molecular weight is 381 g/mol. The first kappa shape index (κ1) is 19.2. The molecule has 27 heavy (non-hydrogen) atoms. The van der Waals surface area contributed by atoms with E-state index in [1.807, 2.05) is 24.3 Å². The van der Waals surface area contributed by atoms with E-state index in [0.29, 0.717) is 5.92 Å².